The molecule has 7 nitrogen and oxygen atoms in total. The molecule has 2 aromatic heterocycles. The van der Waals surface area contributed by atoms with Crippen molar-refractivity contribution in [2.75, 3.05) is 18.0 Å². The summed E-state index contributed by atoms with van der Waals surface area (Å²) in [6.07, 6.45) is 7.30. The van der Waals surface area contributed by atoms with Crippen LogP contribution in [0.5, 0.6) is 0 Å². The maximum Gasteiger partial charge on any atom is 0.278 e. The molecule has 1 unspecified atom stereocenters. The highest BCUT2D eigenvalue weighted by molar-refractivity contribution is 5.50. The molecule has 1 atom stereocenters. The van der Waals surface area contributed by atoms with Gasteiger partial charge < -0.3 is 16.4 Å². The van der Waals surface area contributed by atoms with Crippen LogP contribution in [0.4, 0.5) is 5.82 Å². The Hall–Kier alpha value is -2.64. The number of imidazole rings is 1. The Morgan fingerprint density at radius 2 is 2.04 bits per heavy atom. The SMILES string of the molecule is NCc1ccccc1Cn1c(N2CCCC(N)C2)cn2cncc2c1=O. The molecule has 3 aromatic rings. The summed E-state index contributed by atoms with van der Waals surface area (Å²) < 4.78 is 3.62. The fourth-order valence-electron chi connectivity index (χ4n) is 3.71. The van der Waals surface area contributed by atoms with Crippen LogP contribution in [0, 0.1) is 0 Å². The predicted octanol–water partition coefficient (Wildman–Crippen LogP) is 0.930. The van der Waals surface area contributed by atoms with Crippen molar-refractivity contribution in [3.8, 4) is 0 Å². The molecule has 26 heavy (non-hydrogen) atoms. The van der Waals surface area contributed by atoms with E-state index in [4.69, 9.17) is 11.5 Å². The van der Waals surface area contributed by atoms with Crippen LogP contribution in [0.25, 0.3) is 5.52 Å². The standard InChI is InChI=1S/C19H24N6O/c20-8-14-4-1-2-5-15(14)10-25-18(23-7-3-6-16(21)11-23)12-24-13-22-9-17(24)19(25)26/h1-2,4-5,9,12-13,16H,3,6-8,10-11,20-21H2. The molecule has 0 amide bonds. The first-order chi connectivity index (χ1) is 12.7. The van der Waals surface area contributed by atoms with Crippen molar-refractivity contribution in [3.05, 3.63) is 64.5 Å². The second-order valence-electron chi connectivity index (χ2n) is 6.89. The Morgan fingerprint density at radius 1 is 1.23 bits per heavy atom. The lowest BCUT2D eigenvalue weighted by Crippen LogP contribution is -2.45. The minimum absolute atomic E-state index is 0.0500. The number of fused-ring (bicyclic) bond motifs is 1. The monoisotopic (exact) mass is 352 g/mol. The average molecular weight is 352 g/mol. The van der Waals surface area contributed by atoms with Crippen LogP contribution < -0.4 is 21.9 Å². The Bertz CT molecular complexity index is 976. The number of nitrogens with zero attached hydrogens (tertiary/aromatic N) is 4. The fourth-order valence-corrected chi connectivity index (χ4v) is 3.71. The van der Waals surface area contributed by atoms with Gasteiger partial charge in [0.25, 0.3) is 5.56 Å². The molecule has 1 aliphatic heterocycles. The first kappa shape index (κ1) is 16.8. The number of anilines is 1. The Kier molecular flexibility index (Phi) is 4.48. The van der Waals surface area contributed by atoms with E-state index in [0.717, 1.165) is 42.9 Å². The molecule has 4 N–H and O–H groups in total. The second kappa shape index (κ2) is 6.93. The molecule has 0 aliphatic carbocycles. The van der Waals surface area contributed by atoms with Gasteiger partial charge in [-0.05, 0) is 24.0 Å². The number of hydrogen-bond acceptors (Lipinski definition) is 5. The minimum atomic E-state index is -0.0500. The number of rotatable bonds is 4. The summed E-state index contributed by atoms with van der Waals surface area (Å²) >= 11 is 0. The molecular weight excluding hydrogens is 328 g/mol. The molecule has 7 heteroatoms. The van der Waals surface area contributed by atoms with Crippen LogP contribution in [0.1, 0.15) is 24.0 Å². The van der Waals surface area contributed by atoms with Crippen molar-refractivity contribution in [2.24, 2.45) is 11.5 Å². The maximum atomic E-state index is 13.2. The lowest BCUT2D eigenvalue weighted by Gasteiger charge is -2.34. The number of aromatic nitrogens is 3. The highest BCUT2D eigenvalue weighted by Gasteiger charge is 2.22. The molecule has 4 rings (SSSR count). The first-order valence-electron chi connectivity index (χ1n) is 9.00. The molecule has 1 fully saturated rings. The van der Waals surface area contributed by atoms with Gasteiger partial charge in [-0.15, -0.1) is 0 Å². The summed E-state index contributed by atoms with van der Waals surface area (Å²) in [5.41, 5.74) is 14.7. The molecule has 1 aliphatic rings. The number of nitrogens with two attached hydrogens (primary N) is 2. The molecule has 136 valence electrons. The largest absolute Gasteiger partial charge is 0.355 e. The normalized spacial score (nSPS) is 17.8. The first-order valence-corrected chi connectivity index (χ1v) is 9.00. The van der Waals surface area contributed by atoms with Gasteiger partial charge in [0.2, 0.25) is 0 Å². The number of benzene rings is 1. The topological polar surface area (TPSA) is 94.6 Å². The van der Waals surface area contributed by atoms with Crippen LogP contribution in [-0.4, -0.2) is 33.1 Å². The van der Waals surface area contributed by atoms with E-state index in [-0.39, 0.29) is 11.6 Å². The minimum Gasteiger partial charge on any atom is -0.355 e. The van der Waals surface area contributed by atoms with Crippen LogP contribution in [-0.2, 0) is 13.1 Å². The van der Waals surface area contributed by atoms with E-state index in [1.807, 2.05) is 35.0 Å². The lowest BCUT2D eigenvalue weighted by atomic mass is 10.1. The van der Waals surface area contributed by atoms with Crippen molar-refractivity contribution in [3.63, 3.8) is 0 Å². The van der Waals surface area contributed by atoms with Crippen LogP contribution in [0.15, 0.2) is 47.8 Å². The zero-order chi connectivity index (χ0) is 18.1. The van der Waals surface area contributed by atoms with Crippen molar-refractivity contribution >= 4 is 11.3 Å². The van der Waals surface area contributed by atoms with Gasteiger partial charge in [0.15, 0.2) is 0 Å². The fraction of sp³-hybridized carbons (Fsp3) is 0.368. The van der Waals surface area contributed by atoms with Gasteiger partial charge in [0.1, 0.15) is 11.3 Å². The van der Waals surface area contributed by atoms with E-state index >= 15 is 0 Å². The molecule has 0 bridgehead atoms. The van der Waals surface area contributed by atoms with Gasteiger partial charge in [-0.1, -0.05) is 24.3 Å². The molecule has 0 saturated carbocycles. The quantitative estimate of drug-likeness (QED) is 0.728. The number of hydrogen-bond donors (Lipinski definition) is 2. The van der Waals surface area contributed by atoms with Crippen molar-refractivity contribution in [1.29, 1.82) is 0 Å². The number of piperidine rings is 1. The maximum absolute atomic E-state index is 13.2. The summed E-state index contributed by atoms with van der Waals surface area (Å²) in [4.78, 5) is 19.5. The Morgan fingerprint density at radius 3 is 2.81 bits per heavy atom. The summed E-state index contributed by atoms with van der Waals surface area (Å²) in [5.74, 6) is 0.877. The van der Waals surface area contributed by atoms with E-state index in [9.17, 15) is 4.79 Å². The van der Waals surface area contributed by atoms with Gasteiger partial charge in [0, 0.05) is 25.7 Å². The lowest BCUT2D eigenvalue weighted by molar-refractivity contribution is 0.495. The van der Waals surface area contributed by atoms with E-state index in [2.05, 4.69) is 9.88 Å². The summed E-state index contributed by atoms with van der Waals surface area (Å²) in [7, 11) is 0. The third kappa shape index (κ3) is 3.00. The highest BCUT2D eigenvalue weighted by Crippen LogP contribution is 2.21. The van der Waals surface area contributed by atoms with Gasteiger partial charge in [-0.25, -0.2) is 4.98 Å². The Balaban J connectivity index is 1.84. The van der Waals surface area contributed by atoms with Crippen molar-refractivity contribution in [2.45, 2.75) is 32.0 Å². The van der Waals surface area contributed by atoms with E-state index in [1.165, 1.54) is 0 Å². The van der Waals surface area contributed by atoms with Gasteiger partial charge >= 0.3 is 0 Å². The molecule has 0 radical (unpaired) electrons. The van der Waals surface area contributed by atoms with Crippen molar-refractivity contribution < 1.29 is 0 Å². The zero-order valence-corrected chi connectivity index (χ0v) is 14.7. The van der Waals surface area contributed by atoms with Gasteiger partial charge in [-0.2, -0.15) is 0 Å². The van der Waals surface area contributed by atoms with Crippen LogP contribution >= 0.6 is 0 Å². The van der Waals surface area contributed by atoms with E-state index in [0.29, 0.717) is 18.6 Å². The average Bonchev–Trinajstić information content (AvgIpc) is 3.13. The zero-order valence-electron chi connectivity index (χ0n) is 14.7. The molecule has 3 heterocycles. The molecule has 1 saturated heterocycles. The third-order valence-electron chi connectivity index (χ3n) is 5.11. The smallest absolute Gasteiger partial charge is 0.278 e. The van der Waals surface area contributed by atoms with Crippen LogP contribution in [0.3, 0.4) is 0 Å². The highest BCUT2D eigenvalue weighted by atomic mass is 16.1. The molecular formula is C19H24N6O. The third-order valence-corrected chi connectivity index (χ3v) is 5.11. The summed E-state index contributed by atoms with van der Waals surface area (Å²) in [6, 6.07) is 8.11. The van der Waals surface area contributed by atoms with Gasteiger partial charge in [0.05, 0.1) is 25.3 Å². The van der Waals surface area contributed by atoms with Crippen LogP contribution in [0.2, 0.25) is 0 Å². The summed E-state index contributed by atoms with van der Waals surface area (Å²) in [5, 5.41) is 0. The Labute approximate surface area is 151 Å². The van der Waals surface area contributed by atoms with Gasteiger partial charge in [-0.3, -0.25) is 13.8 Å². The van der Waals surface area contributed by atoms with Crippen molar-refractivity contribution in [1.82, 2.24) is 14.0 Å². The second-order valence-corrected chi connectivity index (χ2v) is 6.89. The molecule has 1 aromatic carbocycles. The summed E-state index contributed by atoms with van der Waals surface area (Å²) in [6.45, 7) is 2.57. The molecule has 0 spiro atoms. The van der Waals surface area contributed by atoms with E-state index < -0.39 is 0 Å². The van der Waals surface area contributed by atoms with E-state index in [1.54, 1.807) is 16.9 Å². The predicted molar refractivity (Wildman–Crippen MR) is 102 cm³/mol.